The fraction of sp³-hybridized carbons (Fsp3) is 0.389. The second-order valence-corrected chi connectivity index (χ2v) is 5.75. The molecular formula is C18H23ClN2O4. The van der Waals surface area contributed by atoms with Crippen LogP contribution in [0.3, 0.4) is 0 Å². The van der Waals surface area contributed by atoms with Crippen LogP contribution in [-0.2, 0) is 6.54 Å². The SMILES string of the molecule is CCCN(CC1COc2ccccc2O1)C(=O)c1coc(CN)c1.Cl. The molecule has 1 aliphatic rings. The van der Waals surface area contributed by atoms with Crippen molar-refractivity contribution >= 4 is 18.3 Å². The van der Waals surface area contributed by atoms with Crippen LogP contribution in [0.25, 0.3) is 0 Å². The monoisotopic (exact) mass is 366 g/mol. The molecule has 1 amide bonds. The minimum atomic E-state index is -0.198. The Morgan fingerprint density at radius 2 is 2.08 bits per heavy atom. The second-order valence-electron chi connectivity index (χ2n) is 5.75. The van der Waals surface area contributed by atoms with Gasteiger partial charge in [0, 0.05) is 6.54 Å². The molecule has 1 atom stereocenters. The number of fused-ring (bicyclic) bond motifs is 1. The molecule has 1 unspecified atom stereocenters. The number of furan rings is 1. The van der Waals surface area contributed by atoms with Gasteiger partial charge in [0.05, 0.1) is 18.7 Å². The fourth-order valence-electron chi connectivity index (χ4n) is 2.73. The number of hydrogen-bond acceptors (Lipinski definition) is 5. The van der Waals surface area contributed by atoms with Crippen molar-refractivity contribution < 1.29 is 18.7 Å². The Balaban J connectivity index is 0.00000225. The molecule has 2 heterocycles. The largest absolute Gasteiger partial charge is 0.486 e. The second kappa shape index (κ2) is 8.78. The highest BCUT2D eigenvalue weighted by Crippen LogP contribution is 2.31. The molecule has 0 spiro atoms. The molecule has 2 N–H and O–H groups in total. The average molecular weight is 367 g/mol. The molecule has 0 saturated heterocycles. The average Bonchev–Trinajstić information content (AvgIpc) is 3.10. The fourth-order valence-corrected chi connectivity index (χ4v) is 2.73. The normalized spacial score (nSPS) is 15.4. The van der Waals surface area contributed by atoms with E-state index in [2.05, 4.69) is 0 Å². The van der Waals surface area contributed by atoms with Crippen molar-refractivity contribution in [3.05, 3.63) is 47.9 Å². The van der Waals surface area contributed by atoms with Gasteiger partial charge < -0.3 is 24.5 Å². The molecule has 0 bridgehead atoms. The highest BCUT2D eigenvalue weighted by Gasteiger charge is 2.26. The van der Waals surface area contributed by atoms with Gasteiger partial charge in [0.25, 0.3) is 5.91 Å². The molecule has 136 valence electrons. The smallest absolute Gasteiger partial charge is 0.257 e. The van der Waals surface area contributed by atoms with Gasteiger partial charge in [-0.15, -0.1) is 12.4 Å². The molecule has 0 saturated carbocycles. The minimum Gasteiger partial charge on any atom is -0.486 e. The van der Waals surface area contributed by atoms with Gasteiger partial charge in [-0.1, -0.05) is 19.1 Å². The number of carbonyl (C=O) groups excluding carboxylic acids is 1. The Morgan fingerprint density at radius 1 is 1.32 bits per heavy atom. The van der Waals surface area contributed by atoms with Gasteiger partial charge in [-0.05, 0) is 24.6 Å². The molecule has 0 radical (unpaired) electrons. The Hall–Kier alpha value is -2.18. The zero-order chi connectivity index (χ0) is 16.9. The molecule has 2 aromatic rings. The van der Waals surface area contributed by atoms with Crippen LogP contribution in [-0.4, -0.2) is 36.6 Å². The van der Waals surface area contributed by atoms with Gasteiger partial charge in [0.1, 0.15) is 18.6 Å². The number of para-hydroxylation sites is 2. The first-order chi connectivity index (χ1) is 11.7. The predicted octanol–water partition coefficient (Wildman–Crippen LogP) is 2.85. The van der Waals surface area contributed by atoms with Crippen LogP contribution in [0.1, 0.15) is 29.5 Å². The van der Waals surface area contributed by atoms with E-state index in [-0.39, 0.29) is 31.0 Å². The molecule has 1 aliphatic heterocycles. The van der Waals surface area contributed by atoms with Crippen molar-refractivity contribution in [2.45, 2.75) is 26.0 Å². The van der Waals surface area contributed by atoms with Crippen LogP contribution in [0.15, 0.2) is 41.0 Å². The van der Waals surface area contributed by atoms with Crippen molar-refractivity contribution in [1.82, 2.24) is 4.90 Å². The number of nitrogens with two attached hydrogens (primary N) is 1. The lowest BCUT2D eigenvalue weighted by molar-refractivity contribution is 0.0462. The summed E-state index contributed by atoms with van der Waals surface area (Å²) in [5.41, 5.74) is 6.05. The Kier molecular flexibility index (Phi) is 6.73. The number of halogens is 1. The van der Waals surface area contributed by atoms with Gasteiger partial charge in [-0.2, -0.15) is 0 Å². The number of hydrogen-bond donors (Lipinski definition) is 1. The molecule has 25 heavy (non-hydrogen) atoms. The van der Waals surface area contributed by atoms with Gasteiger partial charge in [0.15, 0.2) is 17.6 Å². The van der Waals surface area contributed by atoms with E-state index >= 15 is 0 Å². The summed E-state index contributed by atoms with van der Waals surface area (Å²) < 4.78 is 17.0. The first kappa shape index (κ1) is 19.1. The van der Waals surface area contributed by atoms with Crippen LogP contribution in [0, 0.1) is 0 Å². The van der Waals surface area contributed by atoms with Crippen molar-refractivity contribution in [2.75, 3.05) is 19.7 Å². The molecule has 3 rings (SSSR count). The zero-order valence-electron chi connectivity index (χ0n) is 14.1. The maximum absolute atomic E-state index is 12.7. The topological polar surface area (TPSA) is 77.9 Å². The van der Waals surface area contributed by atoms with Crippen molar-refractivity contribution in [1.29, 1.82) is 0 Å². The maximum atomic E-state index is 12.7. The van der Waals surface area contributed by atoms with Gasteiger partial charge in [-0.25, -0.2) is 0 Å². The molecule has 1 aromatic heterocycles. The summed E-state index contributed by atoms with van der Waals surface area (Å²) in [5, 5.41) is 0. The Bertz CT molecular complexity index is 704. The number of nitrogens with zero attached hydrogens (tertiary/aromatic N) is 1. The molecule has 1 aromatic carbocycles. The highest BCUT2D eigenvalue weighted by molar-refractivity contribution is 5.94. The van der Waals surface area contributed by atoms with Crippen LogP contribution in [0.4, 0.5) is 0 Å². The quantitative estimate of drug-likeness (QED) is 0.850. The zero-order valence-corrected chi connectivity index (χ0v) is 15.0. The summed E-state index contributed by atoms with van der Waals surface area (Å²) in [5.74, 6) is 1.97. The lowest BCUT2D eigenvalue weighted by Crippen LogP contribution is -2.44. The Labute approximate surface area is 153 Å². The van der Waals surface area contributed by atoms with E-state index in [0.29, 0.717) is 36.8 Å². The molecule has 0 fully saturated rings. The van der Waals surface area contributed by atoms with Crippen molar-refractivity contribution in [2.24, 2.45) is 5.73 Å². The summed E-state index contributed by atoms with van der Waals surface area (Å²) in [6, 6.07) is 9.25. The number of ether oxygens (including phenoxy) is 2. The van der Waals surface area contributed by atoms with Gasteiger partial charge in [-0.3, -0.25) is 4.79 Å². The van der Waals surface area contributed by atoms with Crippen molar-refractivity contribution in [3.63, 3.8) is 0 Å². The van der Waals surface area contributed by atoms with Crippen LogP contribution >= 0.6 is 12.4 Å². The van der Waals surface area contributed by atoms with E-state index in [1.807, 2.05) is 31.2 Å². The van der Waals surface area contributed by atoms with E-state index in [1.165, 1.54) is 6.26 Å². The van der Waals surface area contributed by atoms with Gasteiger partial charge in [0.2, 0.25) is 0 Å². The van der Waals surface area contributed by atoms with Crippen LogP contribution in [0.2, 0.25) is 0 Å². The Morgan fingerprint density at radius 3 is 2.76 bits per heavy atom. The molecule has 6 nitrogen and oxygen atoms in total. The lowest BCUT2D eigenvalue weighted by Gasteiger charge is -2.31. The number of amides is 1. The van der Waals surface area contributed by atoms with E-state index in [0.717, 1.165) is 12.2 Å². The highest BCUT2D eigenvalue weighted by atomic mass is 35.5. The van der Waals surface area contributed by atoms with Crippen molar-refractivity contribution in [3.8, 4) is 11.5 Å². The molecular weight excluding hydrogens is 344 g/mol. The summed E-state index contributed by atoms with van der Waals surface area (Å²) in [4.78, 5) is 14.5. The number of benzene rings is 1. The third-order valence-electron chi connectivity index (χ3n) is 3.87. The van der Waals surface area contributed by atoms with Gasteiger partial charge >= 0.3 is 0 Å². The number of rotatable bonds is 6. The minimum absolute atomic E-state index is 0. The van der Waals surface area contributed by atoms with E-state index in [4.69, 9.17) is 19.6 Å². The van der Waals surface area contributed by atoms with Crippen LogP contribution in [0.5, 0.6) is 11.5 Å². The number of carbonyl (C=O) groups is 1. The van der Waals surface area contributed by atoms with E-state index in [1.54, 1.807) is 11.0 Å². The third-order valence-corrected chi connectivity index (χ3v) is 3.87. The van der Waals surface area contributed by atoms with E-state index in [9.17, 15) is 4.79 Å². The summed E-state index contributed by atoms with van der Waals surface area (Å²) >= 11 is 0. The molecule has 7 heteroatoms. The maximum Gasteiger partial charge on any atom is 0.257 e. The van der Waals surface area contributed by atoms with E-state index < -0.39 is 0 Å². The standard InChI is InChI=1S/C18H22N2O4.ClH/c1-2-7-20(18(21)13-8-14(9-19)22-11-13)10-15-12-23-16-5-3-4-6-17(16)24-15;/h3-6,8,11,15H,2,7,9-10,12,19H2,1H3;1H. The lowest BCUT2D eigenvalue weighted by atomic mass is 10.2. The first-order valence-electron chi connectivity index (χ1n) is 8.16. The molecule has 0 aliphatic carbocycles. The summed E-state index contributed by atoms with van der Waals surface area (Å²) in [6.07, 6.45) is 2.12. The summed E-state index contributed by atoms with van der Waals surface area (Å²) in [6.45, 7) is 3.84. The first-order valence-corrected chi connectivity index (χ1v) is 8.16. The summed E-state index contributed by atoms with van der Waals surface area (Å²) in [7, 11) is 0. The van der Waals surface area contributed by atoms with Crippen LogP contribution < -0.4 is 15.2 Å². The third kappa shape index (κ3) is 4.46. The predicted molar refractivity (Wildman–Crippen MR) is 96.4 cm³/mol.